The first-order valence-corrected chi connectivity index (χ1v) is 15.7. The molecule has 4 aliphatic rings. The molecule has 2 bridgehead atoms. The molecule has 1 aromatic carbocycles. The van der Waals surface area contributed by atoms with E-state index in [2.05, 4.69) is 10.2 Å². The van der Waals surface area contributed by atoms with Gasteiger partial charge in [-0.15, -0.1) is 0 Å². The summed E-state index contributed by atoms with van der Waals surface area (Å²) in [5.74, 6) is -4.01. The number of likely N-dealkylation sites (tertiary alicyclic amines) is 1. The zero-order chi connectivity index (χ0) is 34.4. The van der Waals surface area contributed by atoms with Crippen molar-refractivity contribution in [3.8, 4) is 11.5 Å². The number of nitrogens with one attached hydrogen (secondary N) is 1. The summed E-state index contributed by atoms with van der Waals surface area (Å²) >= 11 is 0. The quantitative estimate of drug-likeness (QED) is 0.216. The van der Waals surface area contributed by atoms with E-state index < -0.39 is 71.6 Å². The van der Waals surface area contributed by atoms with Crippen molar-refractivity contribution in [1.82, 2.24) is 10.2 Å². The second-order valence-corrected chi connectivity index (χ2v) is 13.2. The highest BCUT2D eigenvalue weighted by Gasteiger charge is 2.72. The van der Waals surface area contributed by atoms with E-state index in [1.54, 1.807) is 19.9 Å². The third-order valence-electron chi connectivity index (χ3n) is 9.70. The van der Waals surface area contributed by atoms with Crippen LogP contribution in [0.25, 0.3) is 0 Å². The van der Waals surface area contributed by atoms with Crippen molar-refractivity contribution < 1.29 is 57.9 Å². The number of aliphatic carboxylic acids is 1. The van der Waals surface area contributed by atoms with Crippen molar-refractivity contribution in [3.05, 3.63) is 35.1 Å². The van der Waals surface area contributed by atoms with Gasteiger partial charge in [-0.2, -0.15) is 0 Å². The van der Waals surface area contributed by atoms with Gasteiger partial charge in [0.05, 0.1) is 24.5 Å². The number of esters is 3. The fraction of sp³-hybridized carbons (Fsp3) is 0.606. The number of methoxy groups -OCH3 is 1. The first-order valence-electron chi connectivity index (χ1n) is 15.7. The lowest BCUT2D eigenvalue weighted by Gasteiger charge is -2.61. The number of likely N-dealkylation sites (N-methyl/N-ethyl adjacent to an activating group) is 1. The maximum Gasteiger partial charge on any atom is 0.348 e. The summed E-state index contributed by atoms with van der Waals surface area (Å²) < 4.78 is 28.1. The average Bonchev–Trinajstić information content (AvgIpc) is 3.35. The zero-order valence-corrected chi connectivity index (χ0v) is 27.4. The van der Waals surface area contributed by atoms with Crippen LogP contribution in [0.5, 0.6) is 11.5 Å². The number of carbonyl (C=O) groups excluding carboxylic acids is 4. The number of benzene rings is 1. The maximum absolute atomic E-state index is 13.3. The Morgan fingerprint density at radius 1 is 1.15 bits per heavy atom. The van der Waals surface area contributed by atoms with Crippen molar-refractivity contribution in [2.24, 2.45) is 5.92 Å². The van der Waals surface area contributed by atoms with E-state index in [0.29, 0.717) is 30.9 Å². The number of nitrogens with zero attached hydrogens (tertiary/aromatic N) is 1. The minimum absolute atomic E-state index is 0.0341. The Kier molecular flexibility index (Phi) is 9.30. The average molecular weight is 659 g/mol. The van der Waals surface area contributed by atoms with Gasteiger partial charge in [-0.25, -0.2) is 9.59 Å². The molecule has 1 amide bonds. The first kappa shape index (κ1) is 34.2. The van der Waals surface area contributed by atoms with E-state index in [9.17, 15) is 34.2 Å². The van der Waals surface area contributed by atoms with Gasteiger partial charge < -0.3 is 44.1 Å². The van der Waals surface area contributed by atoms with Crippen molar-refractivity contribution in [1.29, 1.82) is 0 Å². The van der Waals surface area contributed by atoms with Gasteiger partial charge in [-0.05, 0) is 63.4 Å². The molecule has 47 heavy (non-hydrogen) atoms. The van der Waals surface area contributed by atoms with Crippen molar-refractivity contribution >= 4 is 29.8 Å². The van der Waals surface area contributed by atoms with E-state index in [-0.39, 0.29) is 30.6 Å². The van der Waals surface area contributed by atoms with E-state index >= 15 is 0 Å². The molecule has 3 N–H and O–H groups in total. The lowest BCUT2D eigenvalue weighted by atomic mass is 9.50. The third kappa shape index (κ3) is 5.93. The van der Waals surface area contributed by atoms with E-state index in [0.717, 1.165) is 18.1 Å². The molecule has 0 unspecified atom stereocenters. The zero-order valence-electron chi connectivity index (χ0n) is 27.4. The number of rotatable bonds is 12. The number of carbonyl (C=O) groups is 5. The Morgan fingerprint density at radius 3 is 2.51 bits per heavy atom. The molecule has 7 atom stereocenters. The number of hydrogen-bond donors (Lipinski definition) is 3. The van der Waals surface area contributed by atoms with Crippen molar-refractivity contribution in [3.63, 3.8) is 0 Å². The lowest BCUT2D eigenvalue weighted by molar-refractivity contribution is -0.177. The van der Waals surface area contributed by atoms with Crippen LogP contribution in [0.2, 0.25) is 0 Å². The normalized spacial score (nSPS) is 27.3. The first-order chi connectivity index (χ1) is 22.1. The lowest BCUT2D eigenvalue weighted by Crippen LogP contribution is -2.74. The molecule has 0 aromatic heterocycles. The van der Waals surface area contributed by atoms with Crippen LogP contribution in [0.1, 0.15) is 64.5 Å². The van der Waals surface area contributed by atoms with E-state index in [1.807, 2.05) is 19.2 Å². The monoisotopic (exact) mass is 658 g/mol. The number of hydrogen-bond acceptors (Lipinski definition) is 12. The minimum atomic E-state index is -1.75. The topological polar surface area (TPSA) is 187 Å². The van der Waals surface area contributed by atoms with Crippen molar-refractivity contribution in [2.45, 2.75) is 101 Å². The third-order valence-corrected chi connectivity index (χ3v) is 9.70. The largest absolute Gasteiger partial charge is 0.493 e. The molecule has 2 aliphatic carbocycles. The number of carboxylic acid groups (broad SMARTS) is 1. The number of carboxylic acids is 1. The summed E-state index contributed by atoms with van der Waals surface area (Å²) in [6.45, 7) is 6.53. The molecule has 14 heteroatoms. The standard InChI is InChI=1S/C33H42N2O12/c1-16(2)13-20(30(39)40)34-29(38)17(3)44-31(41)23(45-18(4)36)15-25(37)46-22-9-10-33(42)24-14-19-7-8-21(43-6)27-26(19)32(33,28(22)47-27)11-12-35(24)5/h7-9,16-17,20,23-24,28,42H,10-15H2,1-6H3,(H,34,38)(H,39,40)/t17-,20-,23-,24-,28+,32+,33-/m0/s1. The highest BCUT2D eigenvalue weighted by Crippen LogP contribution is 2.65. The van der Waals surface area contributed by atoms with Crippen LogP contribution in [0.3, 0.4) is 0 Å². The molecule has 5 rings (SSSR count). The number of piperidine rings is 1. The summed E-state index contributed by atoms with van der Waals surface area (Å²) in [6.07, 6.45) is -1.75. The molecule has 1 fully saturated rings. The van der Waals surface area contributed by atoms with Gasteiger partial charge in [0.15, 0.2) is 23.7 Å². The smallest absolute Gasteiger partial charge is 0.348 e. The molecule has 1 aromatic rings. The fourth-order valence-corrected chi connectivity index (χ4v) is 7.57. The number of amides is 1. The summed E-state index contributed by atoms with van der Waals surface area (Å²) in [6, 6.07) is 2.39. The van der Waals surface area contributed by atoms with Gasteiger partial charge in [0, 0.05) is 24.9 Å². The van der Waals surface area contributed by atoms with Crippen molar-refractivity contribution in [2.75, 3.05) is 20.7 Å². The van der Waals surface area contributed by atoms with Gasteiger partial charge >= 0.3 is 23.9 Å². The van der Waals surface area contributed by atoms with Gasteiger partial charge in [-0.1, -0.05) is 19.9 Å². The molecule has 256 valence electrons. The van der Waals surface area contributed by atoms with Crippen LogP contribution < -0.4 is 14.8 Å². The molecule has 0 radical (unpaired) electrons. The predicted molar refractivity (Wildman–Crippen MR) is 162 cm³/mol. The molecule has 1 spiro atoms. The highest BCUT2D eigenvalue weighted by molar-refractivity contribution is 5.89. The Hall–Kier alpha value is -4.17. The van der Waals surface area contributed by atoms with Crippen LogP contribution in [-0.4, -0.2) is 102 Å². The SMILES string of the molecule is COc1ccc2c3c1O[C@@H]1C(OC(=O)C[C@H](OC(C)=O)C(=O)O[C@@H](C)C(=O)N[C@@H](CC(C)C)C(=O)O)=CC[C@]4(O)[C@H](C2)N(C)CC[C@@]314. The number of aliphatic hydroxyl groups is 1. The summed E-state index contributed by atoms with van der Waals surface area (Å²) in [7, 11) is 3.50. The van der Waals surface area contributed by atoms with Gasteiger partial charge in [-0.3, -0.25) is 14.4 Å². The van der Waals surface area contributed by atoms with Crippen LogP contribution in [0, 0.1) is 5.92 Å². The molecule has 14 nitrogen and oxygen atoms in total. The summed E-state index contributed by atoms with van der Waals surface area (Å²) in [4.78, 5) is 64.6. The molecular weight excluding hydrogens is 616 g/mol. The van der Waals surface area contributed by atoms with E-state index in [1.165, 1.54) is 14.0 Å². The molecule has 0 saturated carbocycles. The fourth-order valence-electron chi connectivity index (χ4n) is 7.57. The van der Waals surface area contributed by atoms with E-state index in [4.69, 9.17) is 23.7 Å². The maximum atomic E-state index is 13.3. The Labute approximate surface area is 272 Å². The van der Waals surface area contributed by atoms with Crippen LogP contribution in [0.15, 0.2) is 24.0 Å². The Balaban J connectivity index is 1.33. The van der Waals surface area contributed by atoms with Crippen LogP contribution in [0.4, 0.5) is 0 Å². The van der Waals surface area contributed by atoms with Gasteiger partial charge in [0.25, 0.3) is 5.91 Å². The Bertz CT molecular complexity index is 1510. The van der Waals surface area contributed by atoms with Gasteiger partial charge in [0.2, 0.25) is 6.10 Å². The number of ether oxygens (including phenoxy) is 5. The minimum Gasteiger partial charge on any atom is -0.493 e. The second-order valence-electron chi connectivity index (χ2n) is 13.2. The molecular formula is C33H42N2O12. The molecule has 2 aliphatic heterocycles. The molecule has 1 saturated heterocycles. The van der Waals surface area contributed by atoms with Gasteiger partial charge in [0.1, 0.15) is 11.8 Å². The summed E-state index contributed by atoms with van der Waals surface area (Å²) in [5, 5.41) is 24.1. The second kappa shape index (κ2) is 12.8. The predicted octanol–water partition coefficient (Wildman–Crippen LogP) is 1.39. The Morgan fingerprint density at radius 2 is 1.87 bits per heavy atom. The highest BCUT2D eigenvalue weighted by atomic mass is 16.6. The summed E-state index contributed by atoms with van der Waals surface area (Å²) in [5.41, 5.74) is -0.276. The van der Waals surface area contributed by atoms with Crippen LogP contribution in [-0.2, 0) is 50.0 Å². The molecule has 2 heterocycles. The van der Waals surface area contributed by atoms with Crippen LogP contribution >= 0.6 is 0 Å².